The minimum atomic E-state index is -0.273. The van der Waals surface area contributed by atoms with Crippen LogP contribution >= 0.6 is 11.6 Å². The highest BCUT2D eigenvalue weighted by Crippen LogP contribution is 2.53. The monoisotopic (exact) mass is 295 g/mol. The fraction of sp³-hybridized carbons (Fsp3) is 0.692. The summed E-state index contributed by atoms with van der Waals surface area (Å²) >= 11 is 5.98. The van der Waals surface area contributed by atoms with Crippen molar-refractivity contribution in [3.63, 3.8) is 0 Å². The molecule has 1 aliphatic carbocycles. The van der Waals surface area contributed by atoms with E-state index in [4.69, 9.17) is 11.6 Å². The molecule has 1 fully saturated rings. The highest BCUT2D eigenvalue weighted by atomic mass is 35.5. The number of hydrogen-bond donors (Lipinski definition) is 1. The SMILES string of the molecule is C[C@H](O)[C@@H]1C[C@H](Cn2nnc3c(Cl)ncnc32)C1(C)C. The molecule has 0 amide bonds. The minimum Gasteiger partial charge on any atom is -0.393 e. The van der Waals surface area contributed by atoms with Gasteiger partial charge in [0.15, 0.2) is 16.3 Å². The van der Waals surface area contributed by atoms with E-state index in [9.17, 15) is 5.11 Å². The molecule has 20 heavy (non-hydrogen) atoms. The number of rotatable bonds is 3. The smallest absolute Gasteiger partial charge is 0.183 e. The molecule has 0 spiro atoms. The van der Waals surface area contributed by atoms with E-state index in [-0.39, 0.29) is 11.5 Å². The summed E-state index contributed by atoms with van der Waals surface area (Å²) in [6, 6.07) is 0. The molecule has 0 bridgehead atoms. The fourth-order valence-corrected chi connectivity index (χ4v) is 3.45. The summed E-state index contributed by atoms with van der Waals surface area (Å²) in [5.41, 5.74) is 1.29. The van der Waals surface area contributed by atoms with Crippen LogP contribution in [0.4, 0.5) is 0 Å². The zero-order valence-corrected chi connectivity index (χ0v) is 12.5. The van der Waals surface area contributed by atoms with E-state index >= 15 is 0 Å². The van der Waals surface area contributed by atoms with Gasteiger partial charge in [-0.2, -0.15) is 0 Å². The maximum absolute atomic E-state index is 9.79. The highest BCUT2D eigenvalue weighted by Gasteiger charge is 2.50. The third-order valence-electron chi connectivity index (χ3n) is 4.78. The maximum Gasteiger partial charge on any atom is 0.183 e. The summed E-state index contributed by atoms with van der Waals surface area (Å²) in [7, 11) is 0. The van der Waals surface area contributed by atoms with Gasteiger partial charge in [-0.25, -0.2) is 14.6 Å². The van der Waals surface area contributed by atoms with E-state index in [0.29, 0.717) is 28.2 Å². The van der Waals surface area contributed by atoms with E-state index in [1.807, 2.05) is 6.92 Å². The van der Waals surface area contributed by atoms with Gasteiger partial charge in [0.2, 0.25) is 0 Å². The van der Waals surface area contributed by atoms with Gasteiger partial charge >= 0.3 is 0 Å². The Hall–Kier alpha value is -1.27. The molecule has 0 radical (unpaired) electrons. The van der Waals surface area contributed by atoms with Crippen molar-refractivity contribution in [2.24, 2.45) is 17.3 Å². The molecule has 2 aromatic rings. The molecule has 3 rings (SSSR count). The first-order valence-electron chi connectivity index (χ1n) is 6.79. The predicted molar refractivity (Wildman–Crippen MR) is 75.2 cm³/mol. The van der Waals surface area contributed by atoms with Gasteiger partial charge < -0.3 is 5.11 Å². The molecule has 0 aliphatic heterocycles. The zero-order valence-electron chi connectivity index (χ0n) is 11.8. The Morgan fingerprint density at radius 1 is 1.50 bits per heavy atom. The lowest BCUT2D eigenvalue weighted by atomic mass is 9.53. The second kappa shape index (κ2) is 4.63. The molecule has 0 aromatic carbocycles. The third-order valence-corrected chi connectivity index (χ3v) is 5.05. The molecule has 3 atom stereocenters. The number of aliphatic hydroxyl groups is 1. The van der Waals surface area contributed by atoms with Crippen LogP contribution in [-0.2, 0) is 6.54 Å². The van der Waals surface area contributed by atoms with Crippen LogP contribution in [0.2, 0.25) is 5.15 Å². The predicted octanol–water partition coefficient (Wildman–Crippen LogP) is 1.92. The molecule has 0 saturated heterocycles. The van der Waals surface area contributed by atoms with E-state index in [2.05, 4.69) is 34.1 Å². The lowest BCUT2D eigenvalue weighted by Crippen LogP contribution is -2.51. The number of aliphatic hydroxyl groups excluding tert-OH is 1. The molecule has 2 aromatic heterocycles. The van der Waals surface area contributed by atoms with Crippen molar-refractivity contribution in [1.29, 1.82) is 0 Å². The summed E-state index contributed by atoms with van der Waals surface area (Å²) in [5, 5.41) is 18.3. The van der Waals surface area contributed by atoms with E-state index < -0.39 is 0 Å². The van der Waals surface area contributed by atoms with Gasteiger partial charge in [-0.1, -0.05) is 30.7 Å². The van der Waals surface area contributed by atoms with Crippen molar-refractivity contribution in [3.05, 3.63) is 11.5 Å². The minimum absolute atomic E-state index is 0.0866. The van der Waals surface area contributed by atoms with Gasteiger partial charge in [-0.3, -0.25) is 0 Å². The van der Waals surface area contributed by atoms with Crippen molar-refractivity contribution in [2.45, 2.75) is 39.8 Å². The third kappa shape index (κ3) is 1.98. The van der Waals surface area contributed by atoms with Crippen molar-refractivity contribution in [3.8, 4) is 0 Å². The number of halogens is 1. The van der Waals surface area contributed by atoms with Crippen molar-refractivity contribution < 1.29 is 5.11 Å². The Labute approximate surface area is 122 Å². The first-order chi connectivity index (χ1) is 9.41. The lowest BCUT2D eigenvalue weighted by molar-refractivity contribution is -0.0946. The van der Waals surface area contributed by atoms with Crippen LogP contribution in [0.25, 0.3) is 11.2 Å². The van der Waals surface area contributed by atoms with Crippen LogP contribution in [0.1, 0.15) is 27.2 Å². The molecule has 1 N–H and O–H groups in total. The number of hydrogen-bond acceptors (Lipinski definition) is 5. The molecular formula is C13H18ClN5O. The molecule has 2 heterocycles. The van der Waals surface area contributed by atoms with Gasteiger partial charge in [-0.15, -0.1) is 5.10 Å². The van der Waals surface area contributed by atoms with Crippen molar-refractivity contribution in [1.82, 2.24) is 25.0 Å². The lowest BCUT2D eigenvalue weighted by Gasteiger charge is -2.53. The second-order valence-electron chi connectivity index (χ2n) is 6.21. The van der Waals surface area contributed by atoms with Gasteiger partial charge in [0.1, 0.15) is 6.33 Å². The maximum atomic E-state index is 9.79. The second-order valence-corrected chi connectivity index (χ2v) is 6.57. The van der Waals surface area contributed by atoms with Gasteiger partial charge in [-0.05, 0) is 30.6 Å². The Kier molecular flexibility index (Phi) is 3.17. The average molecular weight is 296 g/mol. The standard InChI is InChI=1S/C13H18ClN5O/c1-7(20)9-4-8(13(9,2)3)5-19-12-10(17-18-19)11(14)15-6-16-12/h6-9,20H,4-5H2,1-3H3/t7-,8+,9-/m0/s1. The molecule has 1 saturated carbocycles. The molecule has 0 unspecified atom stereocenters. The van der Waals surface area contributed by atoms with Crippen molar-refractivity contribution in [2.75, 3.05) is 0 Å². The Morgan fingerprint density at radius 2 is 2.25 bits per heavy atom. The summed E-state index contributed by atoms with van der Waals surface area (Å²) < 4.78 is 1.79. The summed E-state index contributed by atoms with van der Waals surface area (Å²) in [6.07, 6.45) is 2.14. The molecular weight excluding hydrogens is 278 g/mol. The van der Waals surface area contributed by atoms with Crippen LogP contribution < -0.4 is 0 Å². The number of fused-ring (bicyclic) bond motifs is 1. The van der Waals surface area contributed by atoms with Crippen LogP contribution in [0, 0.1) is 17.3 Å². The average Bonchev–Trinajstić information content (AvgIpc) is 2.78. The molecule has 108 valence electrons. The summed E-state index contributed by atoms with van der Waals surface area (Å²) in [5.74, 6) is 0.779. The van der Waals surface area contributed by atoms with Gasteiger partial charge in [0, 0.05) is 6.54 Å². The quantitative estimate of drug-likeness (QED) is 0.875. The summed E-state index contributed by atoms with van der Waals surface area (Å²) in [6.45, 7) is 6.99. The van der Waals surface area contributed by atoms with Crippen LogP contribution in [0.15, 0.2) is 6.33 Å². The van der Waals surface area contributed by atoms with Crippen LogP contribution in [0.3, 0.4) is 0 Å². The Bertz CT molecular complexity index is 639. The van der Waals surface area contributed by atoms with E-state index in [0.717, 1.165) is 13.0 Å². The van der Waals surface area contributed by atoms with Crippen LogP contribution in [-0.4, -0.2) is 36.2 Å². The first-order valence-corrected chi connectivity index (χ1v) is 7.16. The zero-order chi connectivity index (χ0) is 14.5. The first kappa shape index (κ1) is 13.7. The van der Waals surface area contributed by atoms with Crippen LogP contribution in [0.5, 0.6) is 0 Å². The molecule has 6 nitrogen and oxygen atoms in total. The van der Waals surface area contributed by atoms with Gasteiger partial charge in [0.05, 0.1) is 6.10 Å². The van der Waals surface area contributed by atoms with E-state index in [1.165, 1.54) is 6.33 Å². The Balaban J connectivity index is 1.83. The normalized spacial score (nSPS) is 26.4. The van der Waals surface area contributed by atoms with Crippen molar-refractivity contribution >= 4 is 22.8 Å². The summed E-state index contributed by atoms with van der Waals surface area (Å²) in [4.78, 5) is 8.11. The fourth-order valence-electron chi connectivity index (χ4n) is 3.28. The number of aromatic nitrogens is 5. The molecule has 1 aliphatic rings. The topological polar surface area (TPSA) is 76.7 Å². The van der Waals surface area contributed by atoms with E-state index in [1.54, 1.807) is 4.68 Å². The highest BCUT2D eigenvalue weighted by molar-refractivity contribution is 6.33. The number of nitrogens with zero attached hydrogens (tertiary/aromatic N) is 5. The Morgan fingerprint density at radius 3 is 2.90 bits per heavy atom. The largest absolute Gasteiger partial charge is 0.393 e. The molecule has 7 heteroatoms. The van der Waals surface area contributed by atoms with Gasteiger partial charge in [0.25, 0.3) is 0 Å².